The SMILES string of the molecule is COc1ccc(OCCNc2nccc(C(=O)NC3CCCC3)n2)cc1. The second-order valence-corrected chi connectivity index (χ2v) is 6.17. The number of methoxy groups -OCH3 is 1. The van der Waals surface area contributed by atoms with Crippen LogP contribution in [0.5, 0.6) is 11.5 Å². The van der Waals surface area contributed by atoms with Crippen molar-refractivity contribution in [3.05, 3.63) is 42.2 Å². The smallest absolute Gasteiger partial charge is 0.270 e. The van der Waals surface area contributed by atoms with Crippen molar-refractivity contribution in [2.75, 3.05) is 25.6 Å². The molecule has 0 unspecified atom stereocenters. The summed E-state index contributed by atoms with van der Waals surface area (Å²) >= 11 is 0. The summed E-state index contributed by atoms with van der Waals surface area (Å²) in [6.07, 6.45) is 6.03. The maximum Gasteiger partial charge on any atom is 0.270 e. The van der Waals surface area contributed by atoms with Crippen molar-refractivity contribution < 1.29 is 14.3 Å². The summed E-state index contributed by atoms with van der Waals surface area (Å²) in [4.78, 5) is 20.7. The topological polar surface area (TPSA) is 85.4 Å². The zero-order valence-corrected chi connectivity index (χ0v) is 14.9. The van der Waals surface area contributed by atoms with Crippen LogP contribution >= 0.6 is 0 Å². The Labute approximate surface area is 153 Å². The van der Waals surface area contributed by atoms with Crippen LogP contribution < -0.4 is 20.1 Å². The van der Waals surface area contributed by atoms with Crippen molar-refractivity contribution in [2.45, 2.75) is 31.7 Å². The molecule has 138 valence electrons. The zero-order valence-electron chi connectivity index (χ0n) is 14.9. The number of aromatic nitrogens is 2. The summed E-state index contributed by atoms with van der Waals surface area (Å²) in [6.45, 7) is 0.980. The summed E-state index contributed by atoms with van der Waals surface area (Å²) in [5.41, 5.74) is 0.380. The monoisotopic (exact) mass is 356 g/mol. The molecule has 7 heteroatoms. The molecule has 1 aromatic heterocycles. The molecule has 2 N–H and O–H groups in total. The lowest BCUT2D eigenvalue weighted by atomic mass is 10.2. The van der Waals surface area contributed by atoms with E-state index in [2.05, 4.69) is 20.6 Å². The first-order chi connectivity index (χ1) is 12.7. The van der Waals surface area contributed by atoms with Gasteiger partial charge in [0.25, 0.3) is 5.91 Å². The molecular formula is C19H24N4O3. The molecule has 3 rings (SSSR count). The van der Waals surface area contributed by atoms with Gasteiger partial charge in [0.2, 0.25) is 5.95 Å². The van der Waals surface area contributed by atoms with E-state index in [1.807, 2.05) is 24.3 Å². The Morgan fingerprint density at radius 1 is 1.15 bits per heavy atom. The van der Waals surface area contributed by atoms with Gasteiger partial charge >= 0.3 is 0 Å². The lowest BCUT2D eigenvalue weighted by Gasteiger charge is -2.12. The molecule has 7 nitrogen and oxygen atoms in total. The van der Waals surface area contributed by atoms with Crippen LogP contribution in [0.25, 0.3) is 0 Å². The quantitative estimate of drug-likeness (QED) is 0.707. The van der Waals surface area contributed by atoms with Crippen LogP contribution in [0, 0.1) is 0 Å². The molecule has 0 bridgehead atoms. The molecule has 2 aromatic rings. The van der Waals surface area contributed by atoms with Crippen molar-refractivity contribution in [1.82, 2.24) is 15.3 Å². The molecule has 0 atom stereocenters. The standard InChI is InChI=1S/C19H24N4O3/c1-25-15-6-8-16(9-7-15)26-13-12-21-19-20-11-10-17(23-19)18(24)22-14-4-2-3-5-14/h6-11,14H,2-5,12-13H2,1H3,(H,22,24)(H,20,21,23). The van der Waals surface area contributed by atoms with Crippen LogP contribution in [0.3, 0.4) is 0 Å². The van der Waals surface area contributed by atoms with Crippen LogP contribution in [-0.2, 0) is 0 Å². The van der Waals surface area contributed by atoms with E-state index in [9.17, 15) is 4.79 Å². The van der Waals surface area contributed by atoms with Crippen LogP contribution in [0.2, 0.25) is 0 Å². The van der Waals surface area contributed by atoms with Gasteiger partial charge in [-0.05, 0) is 43.2 Å². The van der Waals surface area contributed by atoms with Gasteiger partial charge in [0, 0.05) is 12.2 Å². The number of hydrogen-bond acceptors (Lipinski definition) is 6. The van der Waals surface area contributed by atoms with Crippen LogP contribution in [0.15, 0.2) is 36.5 Å². The number of amides is 1. The van der Waals surface area contributed by atoms with E-state index in [-0.39, 0.29) is 11.9 Å². The zero-order chi connectivity index (χ0) is 18.2. The number of carbonyl (C=O) groups is 1. The van der Waals surface area contributed by atoms with Gasteiger partial charge in [0.1, 0.15) is 23.8 Å². The Morgan fingerprint density at radius 3 is 2.62 bits per heavy atom. The van der Waals surface area contributed by atoms with Crippen molar-refractivity contribution in [2.24, 2.45) is 0 Å². The number of nitrogens with one attached hydrogen (secondary N) is 2. The highest BCUT2D eigenvalue weighted by Gasteiger charge is 2.18. The van der Waals surface area contributed by atoms with E-state index >= 15 is 0 Å². The highest BCUT2D eigenvalue weighted by molar-refractivity contribution is 5.92. The van der Waals surface area contributed by atoms with E-state index < -0.39 is 0 Å². The van der Waals surface area contributed by atoms with Crippen LogP contribution in [0.4, 0.5) is 5.95 Å². The lowest BCUT2D eigenvalue weighted by Crippen LogP contribution is -2.33. The molecule has 0 radical (unpaired) electrons. The molecule has 26 heavy (non-hydrogen) atoms. The Hall–Kier alpha value is -2.83. The predicted molar refractivity (Wildman–Crippen MR) is 98.7 cm³/mol. The number of ether oxygens (including phenoxy) is 2. The number of hydrogen-bond donors (Lipinski definition) is 2. The number of rotatable bonds is 8. The first kappa shape index (κ1) is 18.0. The maximum atomic E-state index is 12.3. The van der Waals surface area contributed by atoms with Gasteiger partial charge in [-0.15, -0.1) is 0 Å². The van der Waals surface area contributed by atoms with Crippen LogP contribution in [-0.4, -0.2) is 42.2 Å². The Balaban J connectivity index is 1.44. The van der Waals surface area contributed by atoms with Crippen molar-refractivity contribution in [3.63, 3.8) is 0 Å². The lowest BCUT2D eigenvalue weighted by molar-refractivity contribution is 0.0933. The molecule has 1 aliphatic carbocycles. The molecule has 1 amide bonds. The molecule has 0 aliphatic heterocycles. The van der Waals surface area contributed by atoms with Gasteiger partial charge in [-0.3, -0.25) is 4.79 Å². The Bertz CT molecular complexity index is 715. The molecule has 1 fully saturated rings. The van der Waals surface area contributed by atoms with E-state index in [1.165, 1.54) is 12.8 Å². The second kappa shape index (κ2) is 9.03. The summed E-state index contributed by atoms with van der Waals surface area (Å²) in [7, 11) is 1.63. The van der Waals surface area contributed by atoms with Gasteiger partial charge in [0.15, 0.2) is 0 Å². The van der Waals surface area contributed by atoms with Crippen molar-refractivity contribution in [1.29, 1.82) is 0 Å². The summed E-state index contributed by atoms with van der Waals surface area (Å²) in [5, 5.41) is 6.10. The number of anilines is 1. The average molecular weight is 356 g/mol. The molecule has 1 saturated carbocycles. The minimum Gasteiger partial charge on any atom is -0.497 e. The van der Waals surface area contributed by atoms with E-state index in [1.54, 1.807) is 19.4 Å². The first-order valence-electron chi connectivity index (χ1n) is 8.89. The number of benzene rings is 1. The fourth-order valence-electron chi connectivity index (χ4n) is 2.90. The summed E-state index contributed by atoms with van der Waals surface area (Å²) < 4.78 is 10.7. The molecule has 0 saturated heterocycles. The highest BCUT2D eigenvalue weighted by Crippen LogP contribution is 2.18. The molecule has 1 heterocycles. The minimum absolute atomic E-state index is 0.142. The predicted octanol–water partition coefficient (Wildman–Crippen LogP) is 2.65. The highest BCUT2D eigenvalue weighted by atomic mass is 16.5. The van der Waals surface area contributed by atoms with Crippen molar-refractivity contribution >= 4 is 11.9 Å². The number of nitrogens with zero attached hydrogens (tertiary/aromatic N) is 2. The van der Waals surface area contributed by atoms with Crippen molar-refractivity contribution in [3.8, 4) is 11.5 Å². The fraction of sp³-hybridized carbons (Fsp3) is 0.421. The third kappa shape index (κ3) is 5.08. The average Bonchev–Trinajstić information content (AvgIpc) is 3.19. The van der Waals surface area contributed by atoms with E-state index in [0.717, 1.165) is 24.3 Å². The Morgan fingerprint density at radius 2 is 1.88 bits per heavy atom. The molecule has 1 aliphatic rings. The molecule has 0 spiro atoms. The molecular weight excluding hydrogens is 332 g/mol. The van der Waals surface area contributed by atoms with Crippen LogP contribution in [0.1, 0.15) is 36.2 Å². The van der Waals surface area contributed by atoms with Gasteiger partial charge in [-0.2, -0.15) is 0 Å². The van der Waals surface area contributed by atoms with Gasteiger partial charge in [-0.1, -0.05) is 12.8 Å². The summed E-state index contributed by atoms with van der Waals surface area (Å²) in [6, 6.07) is 9.29. The first-order valence-corrected chi connectivity index (χ1v) is 8.89. The van der Waals surface area contributed by atoms with Gasteiger partial charge in [-0.25, -0.2) is 9.97 Å². The largest absolute Gasteiger partial charge is 0.497 e. The van der Waals surface area contributed by atoms with E-state index in [0.29, 0.717) is 24.8 Å². The van der Waals surface area contributed by atoms with Gasteiger partial charge in [0.05, 0.1) is 13.7 Å². The normalized spacial score (nSPS) is 14.0. The third-order valence-corrected chi connectivity index (χ3v) is 4.29. The minimum atomic E-state index is -0.142. The second-order valence-electron chi connectivity index (χ2n) is 6.17. The fourth-order valence-corrected chi connectivity index (χ4v) is 2.90. The third-order valence-electron chi connectivity index (χ3n) is 4.29. The Kier molecular flexibility index (Phi) is 6.24. The maximum absolute atomic E-state index is 12.3. The van der Waals surface area contributed by atoms with E-state index in [4.69, 9.17) is 9.47 Å². The van der Waals surface area contributed by atoms with Gasteiger partial charge < -0.3 is 20.1 Å². The molecule has 1 aromatic carbocycles. The number of carbonyl (C=O) groups excluding carboxylic acids is 1. The summed E-state index contributed by atoms with van der Waals surface area (Å²) in [5.74, 6) is 1.83.